The van der Waals surface area contributed by atoms with Gasteiger partial charge in [-0.05, 0) is 18.2 Å². The number of aryl methyl sites for hydroxylation is 1. The standard InChI is InChI=1S/C12H11F2N3O2/c1-17-5-4-7(16-17)6-15-9-3-2-8(12(18)19)10(13)11(9)14/h2-5,15H,6H2,1H3,(H,18,19). The molecule has 1 aromatic heterocycles. The molecule has 0 amide bonds. The molecule has 0 bridgehead atoms. The number of nitrogens with zero attached hydrogens (tertiary/aromatic N) is 2. The molecule has 5 nitrogen and oxygen atoms in total. The van der Waals surface area contributed by atoms with Gasteiger partial charge in [0.15, 0.2) is 11.6 Å². The van der Waals surface area contributed by atoms with Crippen molar-refractivity contribution in [3.05, 3.63) is 47.3 Å². The Hall–Kier alpha value is -2.44. The van der Waals surface area contributed by atoms with E-state index in [0.29, 0.717) is 5.69 Å². The van der Waals surface area contributed by atoms with Crippen LogP contribution >= 0.6 is 0 Å². The van der Waals surface area contributed by atoms with Crippen LogP contribution < -0.4 is 5.32 Å². The number of aromatic carboxylic acids is 1. The minimum absolute atomic E-state index is 0.104. The molecule has 0 radical (unpaired) electrons. The van der Waals surface area contributed by atoms with Crippen molar-refractivity contribution in [2.75, 3.05) is 5.32 Å². The fraction of sp³-hybridized carbons (Fsp3) is 0.167. The predicted molar refractivity (Wildman–Crippen MR) is 63.9 cm³/mol. The highest BCUT2D eigenvalue weighted by molar-refractivity contribution is 5.88. The van der Waals surface area contributed by atoms with E-state index in [1.54, 1.807) is 24.0 Å². The molecule has 100 valence electrons. The third kappa shape index (κ3) is 2.70. The number of halogens is 2. The van der Waals surface area contributed by atoms with E-state index < -0.39 is 23.2 Å². The fourth-order valence-corrected chi connectivity index (χ4v) is 1.59. The first-order valence-electron chi connectivity index (χ1n) is 5.42. The minimum atomic E-state index is -1.51. The van der Waals surface area contributed by atoms with Gasteiger partial charge in [0, 0.05) is 13.2 Å². The van der Waals surface area contributed by atoms with Crippen LogP contribution in [-0.2, 0) is 13.6 Å². The zero-order valence-corrected chi connectivity index (χ0v) is 10.0. The summed E-state index contributed by atoms with van der Waals surface area (Å²) in [5.41, 5.74) is -0.140. The molecule has 1 aromatic carbocycles. The van der Waals surface area contributed by atoms with Crippen molar-refractivity contribution in [1.82, 2.24) is 9.78 Å². The predicted octanol–water partition coefficient (Wildman–Crippen LogP) is 2.01. The average molecular weight is 267 g/mol. The molecular formula is C12H11F2N3O2. The highest BCUT2D eigenvalue weighted by Gasteiger charge is 2.17. The van der Waals surface area contributed by atoms with E-state index in [9.17, 15) is 13.6 Å². The number of benzene rings is 1. The number of carboxylic acid groups (broad SMARTS) is 1. The highest BCUT2D eigenvalue weighted by atomic mass is 19.2. The first-order valence-corrected chi connectivity index (χ1v) is 5.42. The molecule has 0 fully saturated rings. The monoisotopic (exact) mass is 267 g/mol. The van der Waals surface area contributed by atoms with Crippen LogP contribution in [0.25, 0.3) is 0 Å². The normalized spacial score (nSPS) is 10.5. The lowest BCUT2D eigenvalue weighted by atomic mass is 10.2. The van der Waals surface area contributed by atoms with Crippen LogP contribution in [0.1, 0.15) is 16.1 Å². The van der Waals surface area contributed by atoms with Gasteiger partial charge in [-0.1, -0.05) is 0 Å². The second-order valence-electron chi connectivity index (χ2n) is 3.93. The first kappa shape index (κ1) is 13.0. The second kappa shape index (κ2) is 5.05. The van der Waals surface area contributed by atoms with Crippen LogP contribution in [0, 0.1) is 11.6 Å². The van der Waals surface area contributed by atoms with Crippen molar-refractivity contribution < 1.29 is 18.7 Å². The van der Waals surface area contributed by atoms with E-state index >= 15 is 0 Å². The van der Waals surface area contributed by atoms with Crippen LogP contribution in [0.4, 0.5) is 14.5 Å². The molecule has 0 atom stereocenters. The number of rotatable bonds is 4. The van der Waals surface area contributed by atoms with Gasteiger partial charge < -0.3 is 10.4 Å². The Kier molecular flexibility index (Phi) is 3.46. The lowest BCUT2D eigenvalue weighted by molar-refractivity contribution is 0.0690. The maximum atomic E-state index is 13.6. The number of aromatic nitrogens is 2. The van der Waals surface area contributed by atoms with Crippen molar-refractivity contribution in [2.24, 2.45) is 7.05 Å². The highest BCUT2D eigenvalue weighted by Crippen LogP contribution is 2.21. The van der Waals surface area contributed by atoms with Crippen LogP contribution in [0.2, 0.25) is 0 Å². The van der Waals surface area contributed by atoms with Gasteiger partial charge in [-0.15, -0.1) is 0 Å². The number of carbonyl (C=O) groups is 1. The summed E-state index contributed by atoms with van der Waals surface area (Å²) in [4.78, 5) is 10.6. The molecule has 0 saturated heterocycles. The van der Waals surface area contributed by atoms with E-state index in [0.717, 1.165) is 6.07 Å². The van der Waals surface area contributed by atoms with E-state index in [1.807, 2.05) is 0 Å². The molecule has 0 aliphatic carbocycles. The Morgan fingerprint density at radius 3 is 2.68 bits per heavy atom. The smallest absolute Gasteiger partial charge is 0.338 e. The van der Waals surface area contributed by atoms with Gasteiger partial charge in [0.25, 0.3) is 0 Å². The summed E-state index contributed by atoms with van der Waals surface area (Å²) in [5, 5.41) is 15.4. The zero-order valence-electron chi connectivity index (χ0n) is 10.0. The average Bonchev–Trinajstić information content (AvgIpc) is 2.76. The molecule has 19 heavy (non-hydrogen) atoms. The Morgan fingerprint density at radius 1 is 1.37 bits per heavy atom. The summed E-state index contributed by atoms with van der Waals surface area (Å²) in [6, 6.07) is 3.93. The Morgan fingerprint density at radius 2 is 2.11 bits per heavy atom. The van der Waals surface area contributed by atoms with E-state index in [1.165, 1.54) is 6.07 Å². The number of anilines is 1. The SMILES string of the molecule is Cn1ccc(CNc2ccc(C(=O)O)c(F)c2F)n1. The van der Waals surface area contributed by atoms with Gasteiger partial charge in [0.1, 0.15) is 0 Å². The molecule has 2 N–H and O–H groups in total. The van der Waals surface area contributed by atoms with E-state index in [2.05, 4.69) is 10.4 Å². The number of hydrogen-bond donors (Lipinski definition) is 2. The van der Waals surface area contributed by atoms with Crippen LogP contribution in [0.3, 0.4) is 0 Å². The van der Waals surface area contributed by atoms with Crippen molar-refractivity contribution >= 4 is 11.7 Å². The third-order valence-electron chi connectivity index (χ3n) is 2.54. The molecule has 0 aliphatic rings. The quantitative estimate of drug-likeness (QED) is 0.889. The van der Waals surface area contributed by atoms with Crippen molar-refractivity contribution in [2.45, 2.75) is 6.54 Å². The zero-order chi connectivity index (χ0) is 14.0. The molecule has 7 heteroatoms. The van der Waals surface area contributed by atoms with Crippen LogP contribution in [-0.4, -0.2) is 20.9 Å². The van der Waals surface area contributed by atoms with Crippen molar-refractivity contribution in [1.29, 1.82) is 0 Å². The molecule has 0 unspecified atom stereocenters. The minimum Gasteiger partial charge on any atom is -0.478 e. The summed E-state index contributed by atoms with van der Waals surface area (Å²) >= 11 is 0. The summed E-state index contributed by atoms with van der Waals surface area (Å²) in [5.74, 6) is -4.10. The van der Waals surface area contributed by atoms with Gasteiger partial charge in [0.2, 0.25) is 0 Å². The maximum Gasteiger partial charge on any atom is 0.338 e. The molecule has 0 aliphatic heterocycles. The lowest BCUT2D eigenvalue weighted by Gasteiger charge is -2.08. The maximum absolute atomic E-state index is 13.6. The van der Waals surface area contributed by atoms with Crippen LogP contribution in [0.15, 0.2) is 24.4 Å². The number of hydrogen-bond acceptors (Lipinski definition) is 3. The largest absolute Gasteiger partial charge is 0.478 e. The first-order chi connectivity index (χ1) is 8.99. The van der Waals surface area contributed by atoms with Gasteiger partial charge in [-0.25, -0.2) is 13.6 Å². The molecule has 1 heterocycles. The van der Waals surface area contributed by atoms with Crippen molar-refractivity contribution in [3.8, 4) is 0 Å². The van der Waals surface area contributed by atoms with Gasteiger partial charge in [-0.2, -0.15) is 5.10 Å². The lowest BCUT2D eigenvalue weighted by Crippen LogP contribution is -2.08. The molecule has 0 spiro atoms. The van der Waals surface area contributed by atoms with Gasteiger partial charge >= 0.3 is 5.97 Å². The topological polar surface area (TPSA) is 67.2 Å². The third-order valence-corrected chi connectivity index (χ3v) is 2.54. The van der Waals surface area contributed by atoms with E-state index in [4.69, 9.17) is 5.11 Å². The molecule has 2 rings (SSSR count). The summed E-state index contributed by atoms with van der Waals surface area (Å²) < 4.78 is 28.6. The van der Waals surface area contributed by atoms with Crippen molar-refractivity contribution in [3.63, 3.8) is 0 Å². The number of nitrogens with one attached hydrogen (secondary N) is 1. The van der Waals surface area contributed by atoms with Crippen LogP contribution in [0.5, 0.6) is 0 Å². The number of carboxylic acids is 1. The Labute approximate surface area is 107 Å². The Balaban J connectivity index is 2.17. The molecule has 0 saturated carbocycles. The fourth-order valence-electron chi connectivity index (χ4n) is 1.59. The summed E-state index contributed by atoms with van der Waals surface area (Å²) in [6.45, 7) is 0.212. The second-order valence-corrected chi connectivity index (χ2v) is 3.93. The van der Waals surface area contributed by atoms with E-state index in [-0.39, 0.29) is 12.2 Å². The molecule has 2 aromatic rings. The van der Waals surface area contributed by atoms with Gasteiger partial charge in [-0.3, -0.25) is 4.68 Å². The summed E-state index contributed by atoms with van der Waals surface area (Å²) in [6.07, 6.45) is 1.72. The Bertz CT molecular complexity index is 625. The van der Waals surface area contributed by atoms with Gasteiger partial charge in [0.05, 0.1) is 23.5 Å². The molecular weight excluding hydrogens is 256 g/mol. The summed E-state index contributed by atoms with van der Waals surface area (Å²) in [7, 11) is 1.74.